The molecule has 1 fully saturated rings. The van der Waals surface area contributed by atoms with E-state index in [0.717, 1.165) is 19.3 Å². The molecule has 1 aromatic rings. The van der Waals surface area contributed by atoms with Crippen LogP contribution in [0.3, 0.4) is 0 Å². The van der Waals surface area contributed by atoms with E-state index in [1.165, 1.54) is 0 Å². The fourth-order valence-electron chi connectivity index (χ4n) is 1.83. The van der Waals surface area contributed by atoms with Crippen LogP contribution in [0.15, 0.2) is 24.3 Å². The molecular weight excluding hydrogens is 246 g/mol. The van der Waals surface area contributed by atoms with Gasteiger partial charge in [-0.05, 0) is 43.5 Å². The van der Waals surface area contributed by atoms with E-state index < -0.39 is 11.4 Å². The smallest absolute Gasteiger partial charge is 0.255 e. The highest BCUT2D eigenvalue weighted by Gasteiger charge is 2.40. The van der Waals surface area contributed by atoms with Gasteiger partial charge >= 0.3 is 0 Å². The number of primary amides is 1. The molecule has 6 heteroatoms. The molecule has 0 unspecified atom stereocenters. The first kappa shape index (κ1) is 13.4. The molecule has 5 N–H and O–H groups in total. The quantitative estimate of drug-likeness (QED) is 0.713. The van der Waals surface area contributed by atoms with Crippen molar-refractivity contribution in [2.45, 2.75) is 24.8 Å². The monoisotopic (exact) mass is 263 g/mol. The van der Waals surface area contributed by atoms with Crippen molar-refractivity contribution in [2.75, 3.05) is 11.9 Å². The zero-order valence-corrected chi connectivity index (χ0v) is 10.5. The van der Waals surface area contributed by atoms with Crippen LogP contribution in [-0.2, 0) is 9.59 Å². The lowest BCUT2D eigenvalue weighted by Gasteiger charge is -2.36. The number of hydrogen-bond acceptors (Lipinski definition) is 4. The lowest BCUT2D eigenvalue weighted by atomic mass is 9.77. The first-order chi connectivity index (χ1) is 8.99. The summed E-state index contributed by atoms with van der Waals surface area (Å²) < 4.78 is 5.12. The van der Waals surface area contributed by atoms with Crippen molar-refractivity contribution in [3.05, 3.63) is 24.3 Å². The van der Waals surface area contributed by atoms with Crippen molar-refractivity contribution in [1.82, 2.24) is 0 Å². The molecule has 1 aliphatic rings. The number of benzene rings is 1. The molecule has 2 amide bonds. The van der Waals surface area contributed by atoms with Gasteiger partial charge in [-0.1, -0.05) is 0 Å². The maximum atomic E-state index is 11.9. The molecule has 0 aliphatic heterocycles. The van der Waals surface area contributed by atoms with E-state index >= 15 is 0 Å². The fraction of sp³-hybridized carbons (Fsp3) is 0.385. The van der Waals surface area contributed by atoms with Gasteiger partial charge in [0.2, 0.25) is 5.91 Å². The van der Waals surface area contributed by atoms with Crippen molar-refractivity contribution in [2.24, 2.45) is 11.5 Å². The summed E-state index contributed by atoms with van der Waals surface area (Å²) in [5.74, 6) is -0.181. The van der Waals surface area contributed by atoms with Crippen LogP contribution in [0, 0.1) is 0 Å². The minimum absolute atomic E-state index is 0.162. The molecule has 6 nitrogen and oxygen atoms in total. The normalized spacial score (nSPS) is 16.3. The standard InChI is InChI=1S/C13H17N3O3/c14-11(17)8-19-10-4-2-9(3-5-10)16-12(18)13(15)6-1-7-13/h2-5H,1,6-8,15H2,(H2,14,17)(H,16,18). The van der Waals surface area contributed by atoms with Gasteiger partial charge < -0.3 is 21.5 Å². The molecule has 102 valence electrons. The minimum atomic E-state index is -0.721. The molecule has 1 aliphatic carbocycles. The van der Waals surface area contributed by atoms with Gasteiger partial charge in [0.1, 0.15) is 5.75 Å². The van der Waals surface area contributed by atoms with Crippen LogP contribution in [0.25, 0.3) is 0 Å². The number of ether oxygens (including phenoxy) is 1. The number of anilines is 1. The number of carbonyl (C=O) groups excluding carboxylic acids is 2. The Morgan fingerprint density at radius 1 is 1.26 bits per heavy atom. The summed E-state index contributed by atoms with van der Waals surface area (Å²) in [6, 6.07) is 6.69. The molecule has 1 aromatic carbocycles. The zero-order valence-electron chi connectivity index (χ0n) is 10.5. The topological polar surface area (TPSA) is 107 Å². The second kappa shape index (κ2) is 5.27. The van der Waals surface area contributed by atoms with Crippen LogP contribution in [0.5, 0.6) is 5.75 Å². The van der Waals surface area contributed by atoms with E-state index in [4.69, 9.17) is 16.2 Å². The lowest BCUT2D eigenvalue weighted by Crippen LogP contribution is -2.56. The average molecular weight is 263 g/mol. The predicted molar refractivity (Wildman–Crippen MR) is 70.5 cm³/mol. The van der Waals surface area contributed by atoms with Crippen molar-refractivity contribution in [3.63, 3.8) is 0 Å². The fourth-order valence-corrected chi connectivity index (χ4v) is 1.83. The lowest BCUT2D eigenvalue weighted by molar-refractivity contribution is -0.124. The van der Waals surface area contributed by atoms with Gasteiger partial charge in [-0.25, -0.2) is 0 Å². The van der Waals surface area contributed by atoms with Crippen LogP contribution in [0.1, 0.15) is 19.3 Å². The van der Waals surface area contributed by atoms with E-state index in [1.54, 1.807) is 24.3 Å². The number of nitrogens with two attached hydrogens (primary N) is 2. The molecule has 1 saturated carbocycles. The summed E-state index contributed by atoms with van der Waals surface area (Å²) in [5, 5.41) is 2.77. The summed E-state index contributed by atoms with van der Waals surface area (Å²) in [5.41, 5.74) is 10.8. The molecule has 0 aromatic heterocycles. The van der Waals surface area contributed by atoms with Gasteiger partial charge in [-0.15, -0.1) is 0 Å². The molecule has 0 spiro atoms. The third-order valence-electron chi connectivity index (χ3n) is 3.19. The van der Waals surface area contributed by atoms with Crippen molar-refractivity contribution >= 4 is 17.5 Å². The van der Waals surface area contributed by atoms with E-state index in [0.29, 0.717) is 11.4 Å². The van der Waals surface area contributed by atoms with Gasteiger partial charge in [0, 0.05) is 5.69 Å². The highest BCUT2D eigenvalue weighted by molar-refractivity contribution is 5.98. The first-order valence-corrected chi connectivity index (χ1v) is 6.11. The Labute approximate surface area is 111 Å². The molecule has 0 atom stereocenters. The maximum Gasteiger partial charge on any atom is 0.255 e. The van der Waals surface area contributed by atoms with Crippen LogP contribution in [0.2, 0.25) is 0 Å². The average Bonchev–Trinajstić information content (AvgIpc) is 2.35. The Balaban J connectivity index is 1.91. The highest BCUT2D eigenvalue weighted by Crippen LogP contribution is 2.30. The Morgan fingerprint density at radius 2 is 1.89 bits per heavy atom. The second-order valence-electron chi connectivity index (χ2n) is 4.74. The third kappa shape index (κ3) is 3.23. The van der Waals surface area contributed by atoms with E-state index in [1.807, 2.05) is 0 Å². The van der Waals surface area contributed by atoms with Crippen LogP contribution >= 0.6 is 0 Å². The Hall–Kier alpha value is -2.08. The SMILES string of the molecule is NC(=O)COc1ccc(NC(=O)C2(N)CCC2)cc1. The first-order valence-electron chi connectivity index (χ1n) is 6.11. The maximum absolute atomic E-state index is 11.9. The number of nitrogens with one attached hydrogen (secondary N) is 1. The molecule has 0 bridgehead atoms. The van der Waals surface area contributed by atoms with Gasteiger partial charge in [0.05, 0.1) is 5.54 Å². The second-order valence-corrected chi connectivity index (χ2v) is 4.74. The molecular formula is C13H17N3O3. The van der Waals surface area contributed by atoms with Gasteiger partial charge in [0.15, 0.2) is 6.61 Å². The summed E-state index contributed by atoms with van der Waals surface area (Å²) in [4.78, 5) is 22.4. The molecule has 0 heterocycles. The predicted octanol–water partition coefficient (Wildman–Crippen LogP) is 0.371. The van der Waals surface area contributed by atoms with Crippen LogP contribution in [-0.4, -0.2) is 24.0 Å². The minimum Gasteiger partial charge on any atom is -0.484 e. The summed E-state index contributed by atoms with van der Waals surface area (Å²) >= 11 is 0. The molecule has 2 rings (SSSR count). The zero-order chi connectivity index (χ0) is 13.9. The largest absolute Gasteiger partial charge is 0.484 e. The number of carbonyl (C=O) groups is 2. The third-order valence-corrected chi connectivity index (χ3v) is 3.19. The Kier molecular flexibility index (Phi) is 3.71. The highest BCUT2D eigenvalue weighted by atomic mass is 16.5. The number of rotatable bonds is 5. The van der Waals surface area contributed by atoms with E-state index in [9.17, 15) is 9.59 Å². The summed E-state index contributed by atoms with van der Waals surface area (Å²) in [6.07, 6.45) is 2.43. The van der Waals surface area contributed by atoms with Gasteiger partial charge in [-0.3, -0.25) is 9.59 Å². The van der Waals surface area contributed by atoms with Crippen LogP contribution < -0.4 is 21.5 Å². The van der Waals surface area contributed by atoms with E-state index in [-0.39, 0.29) is 12.5 Å². The van der Waals surface area contributed by atoms with Crippen molar-refractivity contribution in [3.8, 4) is 5.75 Å². The Morgan fingerprint density at radius 3 is 2.37 bits per heavy atom. The van der Waals surface area contributed by atoms with Gasteiger partial charge in [-0.2, -0.15) is 0 Å². The van der Waals surface area contributed by atoms with Gasteiger partial charge in [0.25, 0.3) is 5.91 Å². The van der Waals surface area contributed by atoms with Crippen molar-refractivity contribution in [1.29, 1.82) is 0 Å². The van der Waals surface area contributed by atoms with Crippen LogP contribution in [0.4, 0.5) is 5.69 Å². The molecule has 0 saturated heterocycles. The van der Waals surface area contributed by atoms with Crippen molar-refractivity contribution < 1.29 is 14.3 Å². The molecule has 19 heavy (non-hydrogen) atoms. The summed E-state index contributed by atoms with van der Waals surface area (Å²) in [7, 11) is 0. The van der Waals surface area contributed by atoms with E-state index in [2.05, 4.69) is 5.32 Å². The number of hydrogen-bond donors (Lipinski definition) is 3. The Bertz CT molecular complexity index is 480. The number of amides is 2. The molecule has 0 radical (unpaired) electrons. The summed E-state index contributed by atoms with van der Waals surface area (Å²) in [6.45, 7) is -0.169.